The Hall–Kier alpha value is -2.41. The summed E-state index contributed by atoms with van der Waals surface area (Å²) < 4.78 is 4.81. The molecule has 0 radical (unpaired) electrons. The predicted molar refractivity (Wildman–Crippen MR) is 94.3 cm³/mol. The summed E-state index contributed by atoms with van der Waals surface area (Å²) in [5.41, 5.74) is 0.902. The number of ether oxygens (including phenoxy) is 1. The first kappa shape index (κ1) is 20.6. The summed E-state index contributed by atoms with van der Waals surface area (Å²) in [6, 6.07) is 7.81. The Morgan fingerprint density at radius 3 is 2.24 bits per heavy atom. The van der Waals surface area contributed by atoms with Gasteiger partial charge in [-0.15, -0.1) is 0 Å². The van der Waals surface area contributed by atoms with E-state index in [1.807, 2.05) is 44.2 Å². The van der Waals surface area contributed by atoms with Gasteiger partial charge in [-0.25, -0.2) is 9.80 Å². The lowest BCUT2D eigenvalue weighted by Gasteiger charge is -2.35. The van der Waals surface area contributed by atoms with Crippen LogP contribution in [0.15, 0.2) is 30.3 Å². The molecule has 0 aliphatic heterocycles. The molecular formula is C18H27N3O4. The van der Waals surface area contributed by atoms with Crippen molar-refractivity contribution in [2.45, 2.75) is 32.4 Å². The smallest absolute Gasteiger partial charge is 0.328 e. The van der Waals surface area contributed by atoms with E-state index in [2.05, 4.69) is 5.32 Å². The molecule has 0 heterocycles. The number of nitrogens with one attached hydrogen (secondary N) is 1. The maximum atomic E-state index is 12.8. The van der Waals surface area contributed by atoms with Gasteiger partial charge in [0.05, 0.1) is 7.11 Å². The standard InChI is InChI=1S/C18H27N3O4/c1-13(2)16(21(12-22)20(3)4)17(23)19-15(18(24)25-5)11-14-9-7-6-8-10-14/h6-10,12-13,15-16H,11H2,1-5H3,(H,19,23). The molecule has 2 atom stereocenters. The van der Waals surface area contributed by atoms with Crippen molar-refractivity contribution in [3.63, 3.8) is 0 Å². The number of hydrogen-bond donors (Lipinski definition) is 1. The number of carbonyl (C=O) groups is 3. The van der Waals surface area contributed by atoms with E-state index < -0.39 is 24.0 Å². The Kier molecular flexibility index (Phi) is 8.07. The average Bonchev–Trinajstić information content (AvgIpc) is 2.58. The molecule has 0 aromatic heterocycles. The number of rotatable bonds is 9. The fourth-order valence-corrected chi connectivity index (χ4v) is 2.58. The maximum Gasteiger partial charge on any atom is 0.328 e. The van der Waals surface area contributed by atoms with E-state index in [1.54, 1.807) is 19.1 Å². The van der Waals surface area contributed by atoms with Gasteiger partial charge < -0.3 is 10.1 Å². The molecule has 2 amide bonds. The molecule has 0 bridgehead atoms. The number of amides is 2. The van der Waals surface area contributed by atoms with Gasteiger partial charge in [-0.05, 0) is 11.5 Å². The molecule has 7 heteroatoms. The Morgan fingerprint density at radius 2 is 1.80 bits per heavy atom. The lowest BCUT2D eigenvalue weighted by atomic mass is 10.0. The van der Waals surface area contributed by atoms with E-state index in [1.165, 1.54) is 12.1 Å². The van der Waals surface area contributed by atoms with E-state index in [0.29, 0.717) is 12.8 Å². The zero-order valence-electron chi connectivity index (χ0n) is 15.4. The van der Waals surface area contributed by atoms with Crippen LogP contribution in [0.1, 0.15) is 19.4 Å². The third-order valence-electron chi connectivity index (χ3n) is 3.84. The van der Waals surface area contributed by atoms with Gasteiger partial charge >= 0.3 is 5.97 Å². The molecule has 0 fully saturated rings. The molecule has 0 saturated carbocycles. The highest BCUT2D eigenvalue weighted by Gasteiger charge is 2.33. The largest absolute Gasteiger partial charge is 0.467 e. The lowest BCUT2D eigenvalue weighted by Crippen LogP contribution is -2.57. The van der Waals surface area contributed by atoms with Crippen molar-refractivity contribution in [1.29, 1.82) is 0 Å². The molecule has 7 nitrogen and oxygen atoms in total. The highest BCUT2D eigenvalue weighted by molar-refractivity contribution is 5.88. The second-order valence-electron chi connectivity index (χ2n) is 6.30. The van der Waals surface area contributed by atoms with Crippen molar-refractivity contribution in [1.82, 2.24) is 15.3 Å². The van der Waals surface area contributed by atoms with Gasteiger partial charge in [0.1, 0.15) is 12.1 Å². The van der Waals surface area contributed by atoms with Crippen molar-refractivity contribution in [3.05, 3.63) is 35.9 Å². The Bertz CT molecular complexity index is 575. The fourth-order valence-electron chi connectivity index (χ4n) is 2.58. The molecule has 1 rings (SSSR count). The van der Waals surface area contributed by atoms with Crippen LogP contribution in [0.5, 0.6) is 0 Å². The van der Waals surface area contributed by atoms with Crippen LogP contribution in [0.2, 0.25) is 0 Å². The van der Waals surface area contributed by atoms with E-state index in [-0.39, 0.29) is 5.92 Å². The van der Waals surface area contributed by atoms with Crippen molar-refractivity contribution in [3.8, 4) is 0 Å². The second-order valence-corrected chi connectivity index (χ2v) is 6.30. The van der Waals surface area contributed by atoms with Crippen molar-refractivity contribution in [2.75, 3.05) is 21.2 Å². The van der Waals surface area contributed by atoms with Crippen LogP contribution in [0, 0.1) is 5.92 Å². The Morgan fingerprint density at radius 1 is 1.20 bits per heavy atom. The van der Waals surface area contributed by atoms with Crippen molar-refractivity contribution < 1.29 is 19.1 Å². The third kappa shape index (κ3) is 5.86. The van der Waals surface area contributed by atoms with E-state index >= 15 is 0 Å². The minimum Gasteiger partial charge on any atom is -0.467 e. The van der Waals surface area contributed by atoms with Gasteiger partial charge in [0.2, 0.25) is 12.3 Å². The number of methoxy groups -OCH3 is 1. The van der Waals surface area contributed by atoms with Crippen LogP contribution in [0.4, 0.5) is 0 Å². The van der Waals surface area contributed by atoms with E-state index in [9.17, 15) is 14.4 Å². The lowest BCUT2D eigenvalue weighted by molar-refractivity contribution is -0.152. The highest BCUT2D eigenvalue weighted by Crippen LogP contribution is 2.12. The summed E-state index contributed by atoms with van der Waals surface area (Å²) in [5, 5.41) is 5.57. The van der Waals surface area contributed by atoms with Gasteiger partial charge in [0, 0.05) is 20.5 Å². The van der Waals surface area contributed by atoms with Crippen molar-refractivity contribution >= 4 is 18.3 Å². The number of benzene rings is 1. The van der Waals surface area contributed by atoms with Gasteiger partial charge in [0.15, 0.2) is 0 Å². The topological polar surface area (TPSA) is 79.0 Å². The molecular weight excluding hydrogens is 322 g/mol. The van der Waals surface area contributed by atoms with Crippen LogP contribution in [-0.4, -0.2) is 61.6 Å². The number of hydrogen-bond acceptors (Lipinski definition) is 5. The number of nitrogens with zero attached hydrogens (tertiary/aromatic N) is 2. The summed E-state index contributed by atoms with van der Waals surface area (Å²) >= 11 is 0. The van der Waals surface area contributed by atoms with Crippen LogP contribution < -0.4 is 5.32 Å². The molecule has 0 saturated heterocycles. The number of hydrazine groups is 1. The van der Waals surface area contributed by atoms with Crippen LogP contribution >= 0.6 is 0 Å². The molecule has 2 unspecified atom stereocenters. The molecule has 0 aliphatic carbocycles. The van der Waals surface area contributed by atoms with Crippen LogP contribution in [0.3, 0.4) is 0 Å². The summed E-state index contributed by atoms with van der Waals surface area (Å²) in [5.74, 6) is -1.06. The Balaban J connectivity index is 2.98. The third-order valence-corrected chi connectivity index (χ3v) is 3.84. The zero-order chi connectivity index (χ0) is 19.0. The molecule has 25 heavy (non-hydrogen) atoms. The first-order valence-electron chi connectivity index (χ1n) is 8.14. The van der Waals surface area contributed by atoms with Crippen LogP contribution in [-0.2, 0) is 25.5 Å². The van der Waals surface area contributed by atoms with E-state index in [0.717, 1.165) is 5.56 Å². The molecule has 1 aromatic rings. The van der Waals surface area contributed by atoms with Gasteiger partial charge in [-0.1, -0.05) is 44.2 Å². The minimum absolute atomic E-state index is 0.136. The van der Waals surface area contributed by atoms with Crippen LogP contribution in [0.25, 0.3) is 0 Å². The summed E-state index contributed by atoms with van der Waals surface area (Å²) in [6.45, 7) is 3.68. The Labute approximate surface area is 148 Å². The zero-order valence-corrected chi connectivity index (χ0v) is 15.4. The summed E-state index contributed by atoms with van der Waals surface area (Å²) in [4.78, 5) is 36.2. The van der Waals surface area contributed by atoms with Crippen molar-refractivity contribution in [2.24, 2.45) is 5.92 Å². The molecule has 0 spiro atoms. The van der Waals surface area contributed by atoms with Gasteiger partial charge in [-0.2, -0.15) is 0 Å². The summed E-state index contributed by atoms with van der Waals surface area (Å²) in [6.07, 6.45) is 0.918. The molecule has 1 aromatic carbocycles. The molecule has 138 valence electrons. The normalized spacial score (nSPS) is 13.2. The maximum absolute atomic E-state index is 12.8. The first-order valence-corrected chi connectivity index (χ1v) is 8.14. The number of carbonyl (C=O) groups excluding carboxylic acids is 3. The second kappa shape index (κ2) is 9.78. The SMILES string of the molecule is COC(=O)C(Cc1ccccc1)NC(=O)C(C(C)C)N(C=O)N(C)C. The van der Waals surface area contributed by atoms with E-state index in [4.69, 9.17) is 4.74 Å². The molecule has 1 N–H and O–H groups in total. The van der Waals surface area contributed by atoms with Gasteiger partial charge in [-0.3, -0.25) is 14.6 Å². The summed E-state index contributed by atoms with van der Waals surface area (Å²) in [7, 11) is 4.64. The monoisotopic (exact) mass is 349 g/mol. The predicted octanol–water partition coefficient (Wildman–Crippen LogP) is 0.847. The first-order chi connectivity index (χ1) is 11.8. The average molecular weight is 349 g/mol. The quantitative estimate of drug-likeness (QED) is 0.406. The van der Waals surface area contributed by atoms with Gasteiger partial charge in [0.25, 0.3) is 0 Å². The molecule has 0 aliphatic rings. The minimum atomic E-state index is -0.822. The highest BCUT2D eigenvalue weighted by atomic mass is 16.5. The fraction of sp³-hybridized carbons (Fsp3) is 0.500. The number of esters is 1.